The molecule has 1 saturated heterocycles. The Morgan fingerprint density at radius 2 is 2.11 bits per heavy atom. The maximum atomic E-state index is 13.1. The van der Waals surface area contributed by atoms with E-state index in [1.54, 1.807) is 11.3 Å². The van der Waals surface area contributed by atoms with Crippen molar-refractivity contribution in [2.45, 2.75) is 52.1 Å². The maximum Gasteiger partial charge on any atom is 0.225 e. The van der Waals surface area contributed by atoms with Gasteiger partial charge in [0.2, 0.25) is 5.91 Å². The van der Waals surface area contributed by atoms with Crippen LogP contribution in [0.2, 0.25) is 0 Å². The molecular weight excluding hydrogens is 390 g/mol. The first-order valence-corrected chi connectivity index (χ1v) is 12.5. The van der Waals surface area contributed by atoms with Gasteiger partial charge < -0.3 is 15.3 Å². The molecular formula is C21H33N3O2S2. The molecule has 2 fully saturated rings. The summed E-state index contributed by atoms with van der Waals surface area (Å²) in [4.78, 5) is 21.3. The summed E-state index contributed by atoms with van der Waals surface area (Å²) >= 11 is 3.68. The van der Waals surface area contributed by atoms with Gasteiger partial charge in [0, 0.05) is 48.4 Å². The number of aromatic nitrogens is 1. The molecule has 4 rings (SSSR count). The smallest absolute Gasteiger partial charge is 0.225 e. The third-order valence-corrected chi connectivity index (χ3v) is 9.52. The van der Waals surface area contributed by atoms with E-state index in [9.17, 15) is 9.90 Å². The van der Waals surface area contributed by atoms with Gasteiger partial charge in [-0.15, -0.1) is 11.3 Å². The van der Waals surface area contributed by atoms with Crippen LogP contribution in [0.1, 0.15) is 50.1 Å². The highest BCUT2D eigenvalue weighted by Gasteiger charge is 2.54. The average Bonchev–Trinajstić information content (AvgIpc) is 3.10. The molecule has 2 heterocycles. The van der Waals surface area contributed by atoms with Gasteiger partial charge in [0.25, 0.3) is 0 Å². The lowest BCUT2D eigenvalue weighted by Crippen LogP contribution is -2.54. The fraction of sp³-hybridized carbons (Fsp3) is 0.810. The summed E-state index contributed by atoms with van der Waals surface area (Å²) in [6.45, 7) is 8.30. The van der Waals surface area contributed by atoms with Gasteiger partial charge in [-0.3, -0.25) is 4.79 Å². The van der Waals surface area contributed by atoms with E-state index in [-0.39, 0.29) is 35.0 Å². The third kappa shape index (κ3) is 3.37. The maximum absolute atomic E-state index is 13.1. The van der Waals surface area contributed by atoms with E-state index < -0.39 is 6.10 Å². The molecule has 1 saturated carbocycles. The predicted octanol–water partition coefficient (Wildman–Crippen LogP) is 3.45. The molecule has 1 amide bonds. The predicted molar refractivity (Wildman–Crippen MR) is 117 cm³/mol. The minimum atomic E-state index is -0.445. The zero-order chi connectivity index (χ0) is 20.1. The molecule has 28 heavy (non-hydrogen) atoms. The van der Waals surface area contributed by atoms with Crippen molar-refractivity contribution in [1.29, 1.82) is 0 Å². The molecule has 2 aliphatic carbocycles. The van der Waals surface area contributed by atoms with Crippen molar-refractivity contribution in [3.8, 4) is 0 Å². The Morgan fingerprint density at radius 3 is 2.79 bits per heavy atom. The number of fused-ring (bicyclic) bond motifs is 2. The van der Waals surface area contributed by atoms with Gasteiger partial charge in [0.15, 0.2) is 5.13 Å². The van der Waals surface area contributed by atoms with Crippen molar-refractivity contribution in [2.24, 2.45) is 23.2 Å². The van der Waals surface area contributed by atoms with E-state index in [1.165, 1.54) is 4.88 Å². The number of aliphatic hydroxyl groups excluding tert-OH is 1. The zero-order valence-electron chi connectivity index (χ0n) is 17.4. The van der Waals surface area contributed by atoms with Crippen molar-refractivity contribution in [2.75, 3.05) is 37.0 Å². The first kappa shape index (κ1) is 20.5. The number of thioether (sulfide) groups is 1. The van der Waals surface area contributed by atoms with Crippen LogP contribution in [-0.2, 0) is 11.2 Å². The molecule has 1 aromatic rings. The summed E-state index contributed by atoms with van der Waals surface area (Å²) in [5.41, 5.74) is 1.24. The Balaban J connectivity index is 1.56. The minimum Gasteiger partial charge on any atom is -0.392 e. The quantitative estimate of drug-likeness (QED) is 0.780. The summed E-state index contributed by atoms with van der Waals surface area (Å²) in [6.07, 6.45) is 2.55. The second kappa shape index (κ2) is 7.80. The number of carbonyl (C=O) groups is 1. The van der Waals surface area contributed by atoms with Gasteiger partial charge in [0.05, 0.1) is 11.8 Å². The molecule has 2 N–H and O–H groups in total. The lowest BCUT2D eigenvalue weighted by atomic mass is 9.53. The summed E-state index contributed by atoms with van der Waals surface area (Å²) in [5, 5.41) is 15.6. The van der Waals surface area contributed by atoms with Crippen molar-refractivity contribution in [3.05, 3.63) is 10.6 Å². The van der Waals surface area contributed by atoms with E-state index in [1.807, 2.05) is 30.6 Å². The highest BCUT2D eigenvalue weighted by atomic mass is 32.2. The molecule has 156 valence electrons. The molecule has 1 aliphatic heterocycles. The standard InChI is InChI=1S/C21H33N3O2S2/c1-12(19(26)24-7-9-27-10-8-24)14-5-6-21(3)11-15-17(23-20(22-4)28-15)13(2)16(21)18(14)25/h12-14,16,18,25H,5-11H2,1-4H3,(H,22,23)/t12-,13-,14?,16+,18-,21-/m0/s1. The Labute approximate surface area is 176 Å². The van der Waals surface area contributed by atoms with Crippen molar-refractivity contribution >= 4 is 34.1 Å². The van der Waals surface area contributed by atoms with Crippen LogP contribution in [0, 0.1) is 23.2 Å². The number of hydrogen-bond donors (Lipinski definition) is 2. The third-order valence-electron chi connectivity index (χ3n) is 7.49. The van der Waals surface area contributed by atoms with Gasteiger partial charge in [-0.05, 0) is 36.5 Å². The molecule has 1 aromatic heterocycles. The normalized spacial score (nSPS) is 36.4. The van der Waals surface area contributed by atoms with Crippen LogP contribution in [0.15, 0.2) is 0 Å². The number of amides is 1. The first-order chi connectivity index (χ1) is 13.4. The Hall–Kier alpha value is -0.790. The van der Waals surface area contributed by atoms with E-state index in [2.05, 4.69) is 19.2 Å². The van der Waals surface area contributed by atoms with Gasteiger partial charge in [-0.2, -0.15) is 11.8 Å². The van der Waals surface area contributed by atoms with Crippen LogP contribution in [0.25, 0.3) is 0 Å². The number of carbonyl (C=O) groups excluding carboxylic acids is 1. The van der Waals surface area contributed by atoms with Crippen molar-refractivity contribution < 1.29 is 9.90 Å². The topological polar surface area (TPSA) is 65.5 Å². The number of thiazole rings is 1. The second-order valence-corrected chi connectivity index (χ2v) is 11.5. The van der Waals surface area contributed by atoms with E-state index in [4.69, 9.17) is 4.98 Å². The van der Waals surface area contributed by atoms with Gasteiger partial charge in [-0.1, -0.05) is 20.8 Å². The van der Waals surface area contributed by atoms with Gasteiger partial charge >= 0.3 is 0 Å². The summed E-state index contributed by atoms with van der Waals surface area (Å²) in [5.74, 6) is 2.62. The zero-order valence-corrected chi connectivity index (χ0v) is 19.0. The van der Waals surface area contributed by atoms with Gasteiger partial charge in [-0.25, -0.2) is 4.98 Å². The summed E-state index contributed by atoms with van der Waals surface area (Å²) < 4.78 is 0. The van der Waals surface area contributed by atoms with E-state index in [0.717, 1.165) is 54.7 Å². The highest BCUT2D eigenvalue weighted by Crippen LogP contribution is 2.57. The number of nitrogens with one attached hydrogen (secondary N) is 1. The van der Waals surface area contributed by atoms with Crippen molar-refractivity contribution in [3.63, 3.8) is 0 Å². The SMILES string of the molecule is CNc1nc2c(s1)C[C@]1(C)CCC([C@H](C)C(=O)N3CCSCC3)[C@H](O)[C@H]1[C@@H]2C. The Morgan fingerprint density at radius 1 is 1.39 bits per heavy atom. The summed E-state index contributed by atoms with van der Waals surface area (Å²) in [7, 11) is 1.92. The lowest BCUT2D eigenvalue weighted by molar-refractivity contribution is -0.144. The number of aliphatic hydroxyl groups is 1. The van der Waals surface area contributed by atoms with Gasteiger partial charge in [0.1, 0.15) is 0 Å². The second-order valence-electron chi connectivity index (χ2n) is 9.14. The molecule has 0 radical (unpaired) electrons. The van der Waals surface area contributed by atoms with E-state index in [0.29, 0.717) is 0 Å². The molecule has 0 aromatic carbocycles. The first-order valence-electron chi connectivity index (χ1n) is 10.6. The van der Waals surface area contributed by atoms with Crippen LogP contribution in [0.3, 0.4) is 0 Å². The number of hydrogen-bond acceptors (Lipinski definition) is 6. The minimum absolute atomic E-state index is 0.0477. The van der Waals surface area contributed by atoms with Crippen LogP contribution < -0.4 is 5.32 Å². The van der Waals surface area contributed by atoms with Crippen LogP contribution in [0.4, 0.5) is 5.13 Å². The fourth-order valence-corrected chi connectivity index (χ4v) is 8.03. The molecule has 5 nitrogen and oxygen atoms in total. The highest BCUT2D eigenvalue weighted by molar-refractivity contribution is 7.99. The lowest BCUT2D eigenvalue weighted by Gasteiger charge is -2.53. The monoisotopic (exact) mass is 423 g/mol. The Kier molecular flexibility index (Phi) is 5.71. The number of rotatable bonds is 3. The largest absolute Gasteiger partial charge is 0.392 e. The summed E-state index contributed by atoms with van der Waals surface area (Å²) in [6, 6.07) is 0. The van der Waals surface area contributed by atoms with Crippen molar-refractivity contribution in [1.82, 2.24) is 9.88 Å². The Bertz CT molecular complexity index is 733. The average molecular weight is 424 g/mol. The van der Waals surface area contributed by atoms with Crippen LogP contribution in [0.5, 0.6) is 0 Å². The molecule has 0 spiro atoms. The molecule has 0 bridgehead atoms. The molecule has 6 atom stereocenters. The number of nitrogens with zero attached hydrogens (tertiary/aromatic N) is 2. The fourth-order valence-electron chi connectivity index (χ4n) is 5.91. The van der Waals surface area contributed by atoms with Crippen LogP contribution in [-0.4, -0.2) is 58.6 Å². The number of anilines is 1. The van der Waals surface area contributed by atoms with E-state index >= 15 is 0 Å². The molecule has 1 unspecified atom stereocenters. The molecule has 3 aliphatic rings. The molecule has 7 heteroatoms. The van der Waals surface area contributed by atoms with Crippen LogP contribution >= 0.6 is 23.1 Å².